The van der Waals surface area contributed by atoms with Gasteiger partial charge in [0.2, 0.25) is 5.95 Å². The van der Waals surface area contributed by atoms with Gasteiger partial charge in [0.05, 0.1) is 33.1 Å². The summed E-state index contributed by atoms with van der Waals surface area (Å²) in [6.45, 7) is 0. The van der Waals surface area contributed by atoms with Gasteiger partial charge in [0.15, 0.2) is 11.5 Å². The number of aromatic nitrogens is 6. The highest BCUT2D eigenvalue weighted by Gasteiger charge is 2.23. The first-order valence-corrected chi connectivity index (χ1v) is 16.0. The third-order valence-electron chi connectivity index (χ3n) is 9.20. The summed E-state index contributed by atoms with van der Waals surface area (Å²) in [4.78, 5) is 20.4. The fraction of sp³-hybridized carbons (Fsp3) is 0. The number of rotatable bonds is 4. The molecule has 0 spiro atoms. The van der Waals surface area contributed by atoms with Crippen molar-refractivity contribution < 1.29 is 0 Å². The number of nitrogens with zero attached hydrogens (tertiary/aromatic N) is 6. The monoisotopic (exact) mass is 614 g/mol. The van der Waals surface area contributed by atoms with Crippen LogP contribution in [0.15, 0.2) is 158 Å². The third-order valence-corrected chi connectivity index (χ3v) is 9.20. The molecule has 0 saturated heterocycles. The van der Waals surface area contributed by atoms with E-state index in [0.29, 0.717) is 17.4 Å². The van der Waals surface area contributed by atoms with Gasteiger partial charge < -0.3 is 4.57 Å². The van der Waals surface area contributed by atoms with E-state index in [0.717, 1.165) is 66.1 Å². The largest absolute Gasteiger partial charge is 0.309 e. The fourth-order valence-corrected chi connectivity index (χ4v) is 7.12. The van der Waals surface area contributed by atoms with Gasteiger partial charge in [0, 0.05) is 44.6 Å². The minimum Gasteiger partial charge on any atom is -0.309 e. The van der Waals surface area contributed by atoms with Crippen molar-refractivity contribution in [2.24, 2.45) is 0 Å². The molecule has 10 aromatic rings. The summed E-state index contributed by atoms with van der Waals surface area (Å²) < 4.78 is 4.58. The first-order chi connectivity index (χ1) is 23.8. The summed E-state index contributed by atoms with van der Waals surface area (Å²) in [5, 5.41) is 5.41. The molecular formula is C42H26N6. The number of hydrogen-bond acceptors (Lipinski definition) is 4. The molecule has 0 amide bonds. The van der Waals surface area contributed by atoms with Crippen LogP contribution in [0.25, 0.3) is 88.9 Å². The highest BCUT2D eigenvalue weighted by Crippen LogP contribution is 2.42. The molecule has 0 radical (unpaired) electrons. The molecule has 0 N–H and O–H groups in total. The summed E-state index contributed by atoms with van der Waals surface area (Å²) >= 11 is 0. The van der Waals surface area contributed by atoms with Crippen molar-refractivity contribution in [1.29, 1.82) is 0 Å². The molecule has 4 aromatic heterocycles. The van der Waals surface area contributed by atoms with E-state index >= 15 is 0 Å². The van der Waals surface area contributed by atoms with E-state index in [1.807, 2.05) is 54.7 Å². The van der Waals surface area contributed by atoms with E-state index in [-0.39, 0.29) is 0 Å². The zero-order valence-corrected chi connectivity index (χ0v) is 25.7. The highest BCUT2D eigenvalue weighted by atomic mass is 15.2. The summed E-state index contributed by atoms with van der Waals surface area (Å²) in [7, 11) is 0. The molecule has 0 atom stereocenters. The van der Waals surface area contributed by atoms with Crippen LogP contribution in [0, 0.1) is 0 Å². The lowest BCUT2D eigenvalue weighted by Crippen LogP contribution is -2.05. The van der Waals surface area contributed by atoms with E-state index in [2.05, 4.69) is 112 Å². The van der Waals surface area contributed by atoms with Crippen LogP contribution in [0.3, 0.4) is 0 Å². The molecule has 0 saturated carbocycles. The second-order valence-electron chi connectivity index (χ2n) is 11.9. The average molecular weight is 615 g/mol. The maximum absolute atomic E-state index is 5.33. The van der Waals surface area contributed by atoms with Crippen LogP contribution in [-0.4, -0.2) is 29.1 Å². The SMILES string of the molecule is c1ccc(-c2ncc3c(-c4ccccc4)nc(-n4c5ccccc5c5ccc6c(c7ccccc7n6-c6ccccc6)c54)nc3n2)cc1. The lowest BCUT2D eigenvalue weighted by molar-refractivity contribution is 1.00. The summed E-state index contributed by atoms with van der Waals surface area (Å²) in [5.41, 5.74) is 8.79. The maximum atomic E-state index is 5.33. The summed E-state index contributed by atoms with van der Waals surface area (Å²) in [6, 6.07) is 52.5. The number of hydrogen-bond donors (Lipinski definition) is 0. The molecule has 224 valence electrons. The maximum Gasteiger partial charge on any atom is 0.237 e. The summed E-state index contributed by atoms with van der Waals surface area (Å²) in [6.07, 6.45) is 1.86. The third kappa shape index (κ3) is 3.93. The molecule has 6 nitrogen and oxygen atoms in total. The first kappa shape index (κ1) is 26.5. The van der Waals surface area contributed by atoms with Gasteiger partial charge in [0.25, 0.3) is 0 Å². The normalized spacial score (nSPS) is 11.8. The molecule has 0 fully saturated rings. The Morgan fingerprint density at radius 2 is 1.04 bits per heavy atom. The Morgan fingerprint density at radius 1 is 0.417 bits per heavy atom. The smallest absolute Gasteiger partial charge is 0.237 e. The second kappa shape index (κ2) is 10.4. The van der Waals surface area contributed by atoms with E-state index in [1.165, 1.54) is 5.39 Å². The molecule has 6 heteroatoms. The Balaban J connectivity index is 1.37. The minimum absolute atomic E-state index is 0.564. The predicted octanol–water partition coefficient (Wildman–Crippen LogP) is 9.95. The Morgan fingerprint density at radius 3 is 1.79 bits per heavy atom. The Bertz CT molecular complexity index is 2820. The van der Waals surface area contributed by atoms with Gasteiger partial charge in [-0.15, -0.1) is 0 Å². The van der Waals surface area contributed by atoms with Crippen LogP contribution in [0.1, 0.15) is 0 Å². The molecule has 0 aliphatic carbocycles. The topological polar surface area (TPSA) is 61.4 Å². The molecule has 0 unspecified atom stereocenters. The van der Waals surface area contributed by atoms with Crippen LogP contribution >= 0.6 is 0 Å². The molecule has 48 heavy (non-hydrogen) atoms. The van der Waals surface area contributed by atoms with Crippen molar-refractivity contribution in [2.75, 3.05) is 0 Å². The molecule has 4 heterocycles. The van der Waals surface area contributed by atoms with Crippen LogP contribution in [0.4, 0.5) is 0 Å². The Labute approximate surface area is 275 Å². The van der Waals surface area contributed by atoms with Crippen LogP contribution in [-0.2, 0) is 0 Å². The van der Waals surface area contributed by atoms with E-state index in [9.17, 15) is 0 Å². The van der Waals surface area contributed by atoms with E-state index in [1.54, 1.807) is 0 Å². The quantitative estimate of drug-likeness (QED) is 0.198. The van der Waals surface area contributed by atoms with E-state index in [4.69, 9.17) is 19.9 Å². The average Bonchev–Trinajstić information content (AvgIpc) is 3.68. The van der Waals surface area contributed by atoms with E-state index < -0.39 is 0 Å². The molecule has 0 aliphatic rings. The van der Waals surface area contributed by atoms with Crippen LogP contribution in [0.2, 0.25) is 0 Å². The molecular weight excluding hydrogens is 589 g/mol. The van der Waals surface area contributed by atoms with Crippen molar-refractivity contribution in [3.05, 3.63) is 158 Å². The van der Waals surface area contributed by atoms with Crippen LogP contribution in [0.5, 0.6) is 0 Å². The van der Waals surface area contributed by atoms with Gasteiger partial charge in [-0.25, -0.2) is 15.0 Å². The standard InChI is InChI=1S/C42H26N6/c1-4-14-27(15-5-1)38-33-26-43-40(28-16-6-2-7-17-28)45-41(33)46-42(44-38)48-34-22-12-10-20-30(34)31-24-25-36-37(39(31)48)32-21-11-13-23-35(32)47(36)29-18-8-3-9-19-29/h1-26H. The van der Waals surface area contributed by atoms with Gasteiger partial charge >= 0.3 is 0 Å². The van der Waals surface area contributed by atoms with Crippen molar-refractivity contribution >= 4 is 54.6 Å². The lowest BCUT2D eigenvalue weighted by Gasteiger charge is -2.12. The molecule has 0 bridgehead atoms. The molecule has 0 aliphatic heterocycles. The zero-order valence-electron chi connectivity index (χ0n) is 25.7. The summed E-state index contributed by atoms with van der Waals surface area (Å²) in [5.74, 6) is 1.19. The fourth-order valence-electron chi connectivity index (χ4n) is 7.12. The predicted molar refractivity (Wildman–Crippen MR) is 195 cm³/mol. The Kier molecular flexibility index (Phi) is 5.77. The number of fused-ring (bicyclic) bond motifs is 8. The Hall–Kier alpha value is -6.66. The van der Waals surface area contributed by atoms with Crippen molar-refractivity contribution in [2.45, 2.75) is 0 Å². The first-order valence-electron chi connectivity index (χ1n) is 16.0. The van der Waals surface area contributed by atoms with Gasteiger partial charge in [-0.2, -0.15) is 4.98 Å². The van der Waals surface area contributed by atoms with Crippen molar-refractivity contribution in [3.63, 3.8) is 0 Å². The van der Waals surface area contributed by atoms with Gasteiger partial charge in [-0.05, 0) is 30.3 Å². The molecule has 10 rings (SSSR count). The highest BCUT2D eigenvalue weighted by molar-refractivity contribution is 6.26. The van der Waals surface area contributed by atoms with Crippen molar-refractivity contribution in [3.8, 4) is 34.3 Å². The number of para-hydroxylation sites is 3. The van der Waals surface area contributed by atoms with Gasteiger partial charge in [-0.1, -0.05) is 121 Å². The second-order valence-corrected chi connectivity index (χ2v) is 11.9. The van der Waals surface area contributed by atoms with Crippen LogP contribution < -0.4 is 0 Å². The van der Waals surface area contributed by atoms with Crippen molar-refractivity contribution in [1.82, 2.24) is 29.1 Å². The van der Waals surface area contributed by atoms with Gasteiger partial charge in [-0.3, -0.25) is 4.57 Å². The minimum atomic E-state index is 0.564. The zero-order chi connectivity index (χ0) is 31.6. The molecule has 6 aromatic carbocycles. The lowest BCUT2D eigenvalue weighted by atomic mass is 10.1. The number of benzene rings is 6. The van der Waals surface area contributed by atoms with Gasteiger partial charge in [0.1, 0.15) is 0 Å².